The zero-order chi connectivity index (χ0) is 18.4. The summed E-state index contributed by atoms with van der Waals surface area (Å²) in [5, 5.41) is 8.64. The summed E-state index contributed by atoms with van der Waals surface area (Å²) in [6.07, 6.45) is 0. The Hall–Kier alpha value is -2.82. The molecule has 0 aliphatic carbocycles. The largest absolute Gasteiger partial charge is 0.332 e. The smallest absolute Gasteiger partial charge is 0.315 e. The lowest BCUT2D eigenvalue weighted by atomic mass is 10.0. The SMILES string of the molecule is CC(=O)Nc1cccc([C@H](C)NC(=O)N[C@@H](C)c2ccccc2C)c1. The van der Waals surface area contributed by atoms with E-state index in [1.807, 2.05) is 69.3 Å². The van der Waals surface area contributed by atoms with Crippen LogP contribution in [0.15, 0.2) is 48.5 Å². The van der Waals surface area contributed by atoms with E-state index in [1.54, 1.807) is 0 Å². The Bertz CT molecular complexity index is 758. The average Bonchev–Trinajstić information content (AvgIpc) is 2.54. The maximum Gasteiger partial charge on any atom is 0.315 e. The molecule has 25 heavy (non-hydrogen) atoms. The molecule has 0 saturated heterocycles. The van der Waals surface area contributed by atoms with Gasteiger partial charge in [-0.15, -0.1) is 0 Å². The second-order valence-electron chi connectivity index (χ2n) is 6.22. The molecule has 0 spiro atoms. The van der Waals surface area contributed by atoms with Gasteiger partial charge in [-0.25, -0.2) is 4.79 Å². The molecule has 0 aliphatic heterocycles. The summed E-state index contributed by atoms with van der Waals surface area (Å²) in [5.74, 6) is -0.123. The molecule has 0 radical (unpaired) electrons. The quantitative estimate of drug-likeness (QED) is 0.768. The van der Waals surface area contributed by atoms with E-state index in [9.17, 15) is 9.59 Å². The summed E-state index contributed by atoms with van der Waals surface area (Å²) in [6.45, 7) is 7.37. The van der Waals surface area contributed by atoms with Gasteiger partial charge in [0.15, 0.2) is 0 Å². The van der Waals surface area contributed by atoms with Gasteiger partial charge >= 0.3 is 6.03 Å². The Kier molecular flexibility index (Phi) is 6.17. The fourth-order valence-corrected chi connectivity index (χ4v) is 2.76. The molecule has 0 fully saturated rings. The van der Waals surface area contributed by atoms with Crippen molar-refractivity contribution in [1.82, 2.24) is 10.6 Å². The van der Waals surface area contributed by atoms with Gasteiger partial charge in [-0.2, -0.15) is 0 Å². The first-order valence-electron chi connectivity index (χ1n) is 8.37. The lowest BCUT2D eigenvalue weighted by molar-refractivity contribution is -0.114. The van der Waals surface area contributed by atoms with Gasteiger partial charge < -0.3 is 16.0 Å². The highest BCUT2D eigenvalue weighted by atomic mass is 16.2. The van der Waals surface area contributed by atoms with Gasteiger partial charge in [0.1, 0.15) is 0 Å². The van der Waals surface area contributed by atoms with Gasteiger partial charge in [0, 0.05) is 12.6 Å². The van der Waals surface area contributed by atoms with Crippen LogP contribution in [0, 0.1) is 6.92 Å². The minimum absolute atomic E-state index is 0.0842. The first-order valence-corrected chi connectivity index (χ1v) is 8.37. The van der Waals surface area contributed by atoms with Crippen LogP contribution in [0.3, 0.4) is 0 Å². The number of hydrogen-bond donors (Lipinski definition) is 3. The number of nitrogens with one attached hydrogen (secondary N) is 3. The van der Waals surface area contributed by atoms with Gasteiger partial charge in [-0.3, -0.25) is 4.79 Å². The molecule has 5 heteroatoms. The molecule has 132 valence electrons. The van der Waals surface area contributed by atoms with Crippen LogP contribution in [-0.2, 0) is 4.79 Å². The highest BCUT2D eigenvalue weighted by Gasteiger charge is 2.14. The molecule has 2 aromatic carbocycles. The van der Waals surface area contributed by atoms with Crippen molar-refractivity contribution in [3.05, 3.63) is 65.2 Å². The first-order chi connectivity index (χ1) is 11.9. The molecule has 0 aromatic heterocycles. The number of aryl methyl sites for hydroxylation is 1. The molecule has 2 aromatic rings. The van der Waals surface area contributed by atoms with Crippen LogP contribution in [0.2, 0.25) is 0 Å². The lowest BCUT2D eigenvalue weighted by Crippen LogP contribution is -2.38. The van der Waals surface area contributed by atoms with Gasteiger partial charge in [0.2, 0.25) is 5.91 Å². The topological polar surface area (TPSA) is 70.2 Å². The van der Waals surface area contributed by atoms with Gasteiger partial charge in [0.25, 0.3) is 0 Å². The van der Waals surface area contributed by atoms with Crippen molar-refractivity contribution in [2.75, 3.05) is 5.32 Å². The van der Waals surface area contributed by atoms with E-state index in [4.69, 9.17) is 0 Å². The van der Waals surface area contributed by atoms with Gasteiger partial charge in [-0.1, -0.05) is 36.4 Å². The van der Waals surface area contributed by atoms with Crippen LogP contribution in [0.5, 0.6) is 0 Å². The van der Waals surface area contributed by atoms with E-state index in [-0.39, 0.29) is 24.0 Å². The Morgan fingerprint density at radius 1 is 0.920 bits per heavy atom. The second kappa shape index (κ2) is 8.33. The highest BCUT2D eigenvalue weighted by molar-refractivity contribution is 5.88. The van der Waals surface area contributed by atoms with Crippen molar-refractivity contribution >= 4 is 17.6 Å². The molecule has 3 amide bonds. The molecule has 2 atom stereocenters. The van der Waals surface area contributed by atoms with Crippen LogP contribution < -0.4 is 16.0 Å². The molecule has 5 nitrogen and oxygen atoms in total. The number of urea groups is 1. The maximum absolute atomic E-state index is 12.3. The summed E-state index contributed by atoms with van der Waals surface area (Å²) >= 11 is 0. The third kappa shape index (κ3) is 5.35. The van der Waals surface area contributed by atoms with Crippen LogP contribution in [-0.4, -0.2) is 11.9 Å². The monoisotopic (exact) mass is 339 g/mol. The fourth-order valence-electron chi connectivity index (χ4n) is 2.76. The molecule has 0 saturated carbocycles. The second-order valence-corrected chi connectivity index (χ2v) is 6.22. The van der Waals surface area contributed by atoms with Crippen LogP contribution in [0.25, 0.3) is 0 Å². The number of hydrogen-bond acceptors (Lipinski definition) is 2. The summed E-state index contributed by atoms with van der Waals surface area (Å²) < 4.78 is 0. The highest BCUT2D eigenvalue weighted by Crippen LogP contribution is 2.19. The van der Waals surface area contributed by atoms with Crippen molar-refractivity contribution in [2.24, 2.45) is 0 Å². The minimum atomic E-state index is -0.229. The standard InChI is InChI=1S/C20H25N3O2/c1-13-8-5-6-11-19(13)15(3)22-20(25)21-14(2)17-9-7-10-18(12-17)23-16(4)24/h5-12,14-15H,1-4H3,(H,23,24)(H2,21,22,25)/t14-,15-/m0/s1. The Morgan fingerprint density at radius 2 is 1.60 bits per heavy atom. The van der Waals surface area contributed by atoms with Crippen molar-refractivity contribution in [2.45, 2.75) is 39.8 Å². The number of carbonyl (C=O) groups excluding carboxylic acids is 2. The fraction of sp³-hybridized carbons (Fsp3) is 0.300. The van der Waals surface area contributed by atoms with Gasteiger partial charge in [-0.05, 0) is 49.6 Å². The number of rotatable bonds is 5. The summed E-state index contributed by atoms with van der Waals surface area (Å²) in [7, 11) is 0. The molecule has 0 bridgehead atoms. The third-order valence-corrected chi connectivity index (χ3v) is 4.06. The Labute approximate surface area is 148 Å². The summed E-state index contributed by atoms with van der Waals surface area (Å²) in [5.41, 5.74) is 3.88. The molecule has 0 aliphatic rings. The zero-order valence-corrected chi connectivity index (χ0v) is 15.1. The third-order valence-electron chi connectivity index (χ3n) is 4.06. The molecule has 2 rings (SSSR count). The van der Waals surface area contributed by atoms with Gasteiger partial charge in [0.05, 0.1) is 12.1 Å². The van der Waals surface area contributed by atoms with Crippen LogP contribution >= 0.6 is 0 Å². The molecular formula is C20H25N3O2. The van der Waals surface area contributed by atoms with Crippen molar-refractivity contribution in [1.29, 1.82) is 0 Å². The number of amides is 3. The normalized spacial score (nSPS) is 12.8. The molecule has 3 N–H and O–H groups in total. The van der Waals surface area contributed by atoms with Crippen molar-refractivity contribution in [3.8, 4) is 0 Å². The van der Waals surface area contributed by atoms with Crippen LogP contribution in [0.1, 0.15) is 49.5 Å². The number of benzene rings is 2. The lowest BCUT2D eigenvalue weighted by Gasteiger charge is -2.20. The van der Waals surface area contributed by atoms with Crippen molar-refractivity contribution in [3.63, 3.8) is 0 Å². The molecule has 0 unspecified atom stereocenters. The Morgan fingerprint density at radius 3 is 2.28 bits per heavy atom. The molecule has 0 heterocycles. The van der Waals surface area contributed by atoms with E-state index in [2.05, 4.69) is 16.0 Å². The van der Waals surface area contributed by atoms with Crippen molar-refractivity contribution < 1.29 is 9.59 Å². The predicted molar refractivity (Wildman–Crippen MR) is 100 cm³/mol. The van der Waals surface area contributed by atoms with E-state index in [0.717, 1.165) is 16.7 Å². The predicted octanol–water partition coefficient (Wildman–Crippen LogP) is 4.07. The number of anilines is 1. The number of carbonyl (C=O) groups is 2. The summed E-state index contributed by atoms with van der Waals surface area (Å²) in [4.78, 5) is 23.5. The van der Waals surface area contributed by atoms with E-state index in [1.165, 1.54) is 6.92 Å². The van der Waals surface area contributed by atoms with Crippen LogP contribution in [0.4, 0.5) is 10.5 Å². The van der Waals surface area contributed by atoms with E-state index >= 15 is 0 Å². The minimum Gasteiger partial charge on any atom is -0.332 e. The first kappa shape index (κ1) is 18.5. The maximum atomic E-state index is 12.3. The van der Waals surface area contributed by atoms with E-state index in [0.29, 0.717) is 5.69 Å². The summed E-state index contributed by atoms with van der Waals surface area (Å²) in [6, 6.07) is 14.9. The zero-order valence-electron chi connectivity index (χ0n) is 15.1. The average molecular weight is 339 g/mol. The van der Waals surface area contributed by atoms with E-state index < -0.39 is 0 Å². The molecular weight excluding hydrogens is 314 g/mol. The Balaban J connectivity index is 1.98.